The summed E-state index contributed by atoms with van der Waals surface area (Å²) >= 11 is 1.53. The molecule has 0 radical (unpaired) electrons. The Morgan fingerprint density at radius 2 is 1.87 bits per heavy atom. The maximum Gasteiger partial charge on any atom is 0.246 e. The van der Waals surface area contributed by atoms with Crippen molar-refractivity contribution in [1.29, 1.82) is 0 Å². The topological polar surface area (TPSA) is 72.2 Å². The third-order valence-electron chi connectivity index (χ3n) is 4.43. The highest BCUT2D eigenvalue weighted by Crippen LogP contribution is 2.21. The second kappa shape index (κ2) is 9.28. The first-order valence-electron chi connectivity index (χ1n) is 9.57. The zero-order valence-electron chi connectivity index (χ0n) is 16.5. The molecule has 0 aliphatic carbocycles. The van der Waals surface area contributed by atoms with E-state index in [9.17, 15) is 4.79 Å². The number of benzene rings is 2. The van der Waals surface area contributed by atoms with Crippen molar-refractivity contribution in [3.05, 3.63) is 94.1 Å². The molecule has 4 rings (SSSR count). The van der Waals surface area contributed by atoms with Gasteiger partial charge in [-0.2, -0.15) is 10.2 Å². The molecular weight excluding hydrogens is 394 g/mol. The number of amides is 1. The van der Waals surface area contributed by atoms with Crippen LogP contribution in [0.25, 0.3) is 11.3 Å². The molecule has 0 fully saturated rings. The molecule has 0 spiro atoms. The zero-order valence-corrected chi connectivity index (χ0v) is 17.3. The van der Waals surface area contributed by atoms with E-state index < -0.39 is 0 Å². The molecule has 2 aromatic carbocycles. The summed E-state index contributed by atoms with van der Waals surface area (Å²) in [6.07, 6.45) is 3.79. The van der Waals surface area contributed by atoms with Gasteiger partial charge in [0, 0.05) is 22.7 Å². The van der Waals surface area contributed by atoms with Gasteiger partial charge < -0.3 is 0 Å². The van der Waals surface area contributed by atoms with Crippen LogP contribution in [0.3, 0.4) is 0 Å². The molecule has 30 heavy (non-hydrogen) atoms. The van der Waals surface area contributed by atoms with Crippen LogP contribution in [0.15, 0.2) is 77.3 Å². The molecule has 0 aliphatic heterocycles. The molecular formula is C23H21N5OS. The number of nitrogens with zero attached hydrogens (tertiary/aromatic N) is 4. The van der Waals surface area contributed by atoms with Gasteiger partial charge >= 0.3 is 0 Å². The smallest absolute Gasteiger partial charge is 0.246 e. The van der Waals surface area contributed by atoms with E-state index >= 15 is 0 Å². The van der Waals surface area contributed by atoms with E-state index in [0.29, 0.717) is 6.54 Å². The fourth-order valence-electron chi connectivity index (χ4n) is 3.07. The van der Waals surface area contributed by atoms with Crippen LogP contribution in [0.5, 0.6) is 0 Å². The number of hydrazone groups is 1. The Kier molecular flexibility index (Phi) is 6.10. The predicted octanol–water partition coefficient (Wildman–Crippen LogP) is 4.06. The molecule has 4 aromatic rings. The van der Waals surface area contributed by atoms with Crippen molar-refractivity contribution in [1.82, 2.24) is 20.2 Å². The van der Waals surface area contributed by atoms with Crippen molar-refractivity contribution in [3.8, 4) is 11.3 Å². The number of aryl methyl sites for hydroxylation is 1. The van der Waals surface area contributed by atoms with Crippen molar-refractivity contribution < 1.29 is 4.79 Å². The highest BCUT2D eigenvalue weighted by atomic mass is 32.1. The van der Waals surface area contributed by atoms with E-state index in [1.165, 1.54) is 11.3 Å². The van der Waals surface area contributed by atoms with Gasteiger partial charge in [0.1, 0.15) is 5.69 Å². The van der Waals surface area contributed by atoms with Crippen LogP contribution in [-0.2, 0) is 17.8 Å². The Hall–Kier alpha value is -3.58. The van der Waals surface area contributed by atoms with E-state index in [0.717, 1.165) is 33.1 Å². The summed E-state index contributed by atoms with van der Waals surface area (Å²) in [6, 6.07) is 20.1. The summed E-state index contributed by atoms with van der Waals surface area (Å²) in [5.74, 6) is -0.200. The highest BCUT2D eigenvalue weighted by molar-refractivity contribution is 7.09. The van der Waals surface area contributed by atoms with Crippen LogP contribution in [-0.4, -0.2) is 26.9 Å². The van der Waals surface area contributed by atoms with Crippen LogP contribution in [0.2, 0.25) is 0 Å². The van der Waals surface area contributed by atoms with E-state index in [2.05, 4.69) is 27.6 Å². The Morgan fingerprint density at radius 1 is 1.13 bits per heavy atom. The van der Waals surface area contributed by atoms with Gasteiger partial charge in [0.15, 0.2) is 0 Å². The number of rotatable bonds is 7. The minimum absolute atomic E-state index is 0.200. The lowest BCUT2D eigenvalue weighted by Crippen LogP contribution is -2.19. The number of thiazole rings is 1. The van der Waals surface area contributed by atoms with Crippen molar-refractivity contribution in [2.24, 2.45) is 5.10 Å². The second-order valence-corrected chi connectivity index (χ2v) is 7.87. The normalized spacial score (nSPS) is 11.1. The minimum Gasteiger partial charge on any atom is -0.273 e. The van der Waals surface area contributed by atoms with E-state index in [4.69, 9.17) is 5.10 Å². The Morgan fingerprint density at radius 3 is 2.57 bits per heavy atom. The average Bonchev–Trinajstić information content (AvgIpc) is 3.35. The largest absolute Gasteiger partial charge is 0.273 e. The summed E-state index contributed by atoms with van der Waals surface area (Å²) in [6.45, 7) is 2.58. The maximum atomic E-state index is 12.1. The first-order valence-corrected chi connectivity index (χ1v) is 10.4. The third kappa shape index (κ3) is 5.07. The quantitative estimate of drug-likeness (QED) is 0.365. The molecule has 150 valence electrons. The number of nitrogens with one attached hydrogen (secondary N) is 1. The van der Waals surface area contributed by atoms with Gasteiger partial charge in [-0.25, -0.2) is 10.4 Å². The Bertz CT molecular complexity index is 1150. The third-order valence-corrected chi connectivity index (χ3v) is 5.25. The molecule has 2 aromatic heterocycles. The van der Waals surface area contributed by atoms with Crippen LogP contribution in [0.4, 0.5) is 0 Å². The highest BCUT2D eigenvalue weighted by Gasteiger charge is 2.11. The number of aromatic nitrogens is 3. The Balaban J connectivity index is 1.51. The molecule has 0 bridgehead atoms. The van der Waals surface area contributed by atoms with Gasteiger partial charge in [-0.3, -0.25) is 9.48 Å². The number of hydrogen-bond donors (Lipinski definition) is 1. The van der Waals surface area contributed by atoms with Crippen molar-refractivity contribution in [2.45, 2.75) is 19.9 Å². The van der Waals surface area contributed by atoms with Gasteiger partial charge in [0.2, 0.25) is 5.91 Å². The molecule has 6 nitrogen and oxygen atoms in total. The van der Waals surface area contributed by atoms with Crippen LogP contribution >= 0.6 is 11.3 Å². The zero-order chi connectivity index (χ0) is 20.8. The first kappa shape index (κ1) is 19.7. The van der Waals surface area contributed by atoms with Gasteiger partial charge in [0.25, 0.3) is 0 Å². The summed E-state index contributed by atoms with van der Waals surface area (Å²) in [5.41, 5.74) is 7.15. The summed E-state index contributed by atoms with van der Waals surface area (Å²) in [4.78, 5) is 16.4. The lowest BCUT2D eigenvalue weighted by atomic mass is 10.1. The maximum absolute atomic E-state index is 12.1. The van der Waals surface area contributed by atoms with E-state index in [-0.39, 0.29) is 12.3 Å². The molecule has 0 atom stereocenters. The molecule has 0 saturated heterocycles. The van der Waals surface area contributed by atoms with Crippen LogP contribution < -0.4 is 5.43 Å². The van der Waals surface area contributed by atoms with Crippen LogP contribution in [0, 0.1) is 6.92 Å². The molecule has 0 saturated carbocycles. The number of carbonyl (C=O) groups excluding carboxylic acids is 1. The summed E-state index contributed by atoms with van der Waals surface area (Å²) < 4.78 is 1.89. The van der Waals surface area contributed by atoms with Crippen LogP contribution in [0.1, 0.15) is 21.8 Å². The standard InChI is InChI=1S/C23H21N5OS/c1-17-25-21(16-30-17)12-22(29)26-24-13-20-15-28(14-18-8-4-2-5-9-18)27-23(20)19-10-6-3-7-11-19/h2-11,13,15-16H,12,14H2,1H3,(H,26,29)/b24-13-. The van der Waals surface area contributed by atoms with Crippen molar-refractivity contribution in [3.63, 3.8) is 0 Å². The van der Waals surface area contributed by atoms with E-state index in [1.807, 2.05) is 71.7 Å². The lowest BCUT2D eigenvalue weighted by Gasteiger charge is -2.01. The Labute approximate surface area is 178 Å². The second-order valence-electron chi connectivity index (χ2n) is 6.81. The fourth-order valence-corrected chi connectivity index (χ4v) is 3.68. The monoisotopic (exact) mass is 415 g/mol. The SMILES string of the molecule is Cc1nc(CC(=O)N/N=C\c2cn(Cc3ccccc3)nc2-c2ccccc2)cs1. The molecule has 0 unspecified atom stereocenters. The summed E-state index contributed by atoms with van der Waals surface area (Å²) in [7, 11) is 0. The fraction of sp³-hybridized carbons (Fsp3) is 0.130. The van der Waals surface area contributed by atoms with Gasteiger partial charge in [-0.1, -0.05) is 60.7 Å². The van der Waals surface area contributed by atoms with Crippen molar-refractivity contribution in [2.75, 3.05) is 0 Å². The van der Waals surface area contributed by atoms with Crippen molar-refractivity contribution >= 4 is 23.5 Å². The molecule has 0 aliphatic rings. The molecule has 1 amide bonds. The molecule has 2 heterocycles. The first-order chi connectivity index (χ1) is 14.7. The number of carbonyl (C=O) groups is 1. The molecule has 7 heteroatoms. The average molecular weight is 416 g/mol. The van der Waals surface area contributed by atoms with Gasteiger partial charge in [0.05, 0.1) is 29.9 Å². The van der Waals surface area contributed by atoms with E-state index in [1.54, 1.807) is 6.21 Å². The van der Waals surface area contributed by atoms with Gasteiger partial charge in [-0.05, 0) is 12.5 Å². The summed E-state index contributed by atoms with van der Waals surface area (Å²) in [5, 5.41) is 11.7. The molecule has 1 N–H and O–H groups in total. The van der Waals surface area contributed by atoms with Gasteiger partial charge in [-0.15, -0.1) is 11.3 Å². The minimum atomic E-state index is -0.200. The lowest BCUT2D eigenvalue weighted by molar-refractivity contribution is -0.120. The predicted molar refractivity (Wildman–Crippen MR) is 119 cm³/mol. The number of hydrogen-bond acceptors (Lipinski definition) is 5.